The molecule has 1 aromatic carbocycles. The minimum atomic E-state index is 0.277. The van der Waals surface area contributed by atoms with Crippen molar-refractivity contribution in [2.45, 2.75) is 39.1 Å². The van der Waals surface area contributed by atoms with Crippen molar-refractivity contribution in [1.29, 1.82) is 0 Å². The predicted octanol–water partition coefficient (Wildman–Crippen LogP) is 2.69. The van der Waals surface area contributed by atoms with Crippen LogP contribution >= 0.6 is 0 Å². The smallest absolute Gasteiger partial charge is 0.0837 e. The lowest BCUT2D eigenvalue weighted by atomic mass is 10.1. The second kappa shape index (κ2) is 4.77. The molecular weight excluding hydrogens is 188 g/mol. The average molecular weight is 206 g/mol. The fraction of sp³-hybridized carbons (Fsp3) is 0.538. The molecule has 1 aliphatic rings. The Balaban J connectivity index is 1.86. The van der Waals surface area contributed by atoms with Crippen LogP contribution in [0.1, 0.15) is 24.5 Å². The van der Waals surface area contributed by atoms with Crippen molar-refractivity contribution < 1.29 is 9.47 Å². The first-order valence-corrected chi connectivity index (χ1v) is 5.53. The van der Waals surface area contributed by atoms with E-state index in [0.29, 0.717) is 12.7 Å². The Labute approximate surface area is 91.2 Å². The van der Waals surface area contributed by atoms with Gasteiger partial charge in [-0.2, -0.15) is 0 Å². The fourth-order valence-corrected chi connectivity index (χ4v) is 1.87. The second-order valence-corrected chi connectivity index (χ2v) is 4.24. The zero-order valence-electron chi connectivity index (χ0n) is 9.40. The van der Waals surface area contributed by atoms with Crippen LogP contribution in [0.2, 0.25) is 0 Å². The first-order chi connectivity index (χ1) is 7.25. The van der Waals surface area contributed by atoms with Gasteiger partial charge in [0.05, 0.1) is 25.4 Å². The SMILES string of the molecule is Cc1ccccc1COC1COC(C)C1. The third kappa shape index (κ3) is 2.80. The lowest BCUT2D eigenvalue weighted by Crippen LogP contribution is -2.12. The molecule has 0 N–H and O–H groups in total. The molecule has 2 rings (SSSR count). The van der Waals surface area contributed by atoms with Gasteiger partial charge in [-0.05, 0) is 25.0 Å². The Morgan fingerprint density at radius 2 is 2.20 bits per heavy atom. The standard InChI is InChI=1S/C13H18O2/c1-10-5-3-4-6-12(10)8-15-13-7-11(2)14-9-13/h3-6,11,13H,7-9H2,1-2H3. The molecule has 1 saturated heterocycles. The van der Waals surface area contributed by atoms with E-state index >= 15 is 0 Å². The van der Waals surface area contributed by atoms with E-state index in [1.807, 2.05) is 0 Å². The van der Waals surface area contributed by atoms with Crippen LogP contribution in [0.3, 0.4) is 0 Å². The highest BCUT2D eigenvalue weighted by Gasteiger charge is 2.22. The summed E-state index contributed by atoms with van der Waals surface area (Å²) >= 11 is 0. The topological polar surface area (TPSA) is 18.5 Å². The van der Waals surface area contributed by atoms with E-state index in [0.717, 1.165) is 13.0 Å². The molecule has 1 aliphatic heterocycles. The predicted molar refractivity (Wildman–Crippen MR) is 59.8 cm³/mol. The zero-order valence-corrected chi connectivity index (χ0v) is 9.40. The molecule has 2 unspecified atom stereocenters. The van der Waals surface area contributed by atoms with Gasteiger partial charge in [0.1, 0.15) is 0 Å². The number of hydrogen-bond donors (Lipinski definition) is 0. The Morgan fingerprint density at radius 1 is 1.40 bits per heavy atom. The summed E-state index contributed by atoms with van der Waals surface area (Å²) in [6.45, 7) is 5.66. The van der Waals surface area contributed by atoms with Crippen LogP contribution in [-0.4, -0.2) is 18.8 Å². The number of rotatable bonds is 3. The zero-order chi connectivity index (χ0) is 10.7. The van der Waals surface area contributed by atoms with Crippen LogP contribution in [0.25, 0.3) is 0 Å². The van der Waals surface area contributed by atoms with E-state index in [9.17, 15) is 0 Å². The van der Waals surface area contributed by atoms with Crippen LogP contribution in [0, 0.1) is 6.92 Å². The second-order valence-electron chi connectivity index (χ2n) is 4.24. The number of benzene rings is 1. The van der Waals surface area contributed by atoms with Gasteiger partial charge >= 0.3 is 0 Å². The van der Waals surface area contributed by atoms with Crippen molar-refractivity contribution in [1.82, 2.24) is 0 Å². The summed E-state index contributed by atoms with van der Waals surface area (Å²) in [6, 6.07) is 8.35. The molecule has 2 heteroatoms. The Hall–Kier alpha value is -0.860. The van der Waals surface area contributed by atoms with Gasteiger partial charge in [-0.15, -0.1) is 0 Å². The van der Waals surface area contributed by atoms with E-state index < -0.39 is 0 Å². The summed E-state index contributed by atoms with van der Waals surface area (Å²) < 4.78 is 11.3. The first-order valence-electron chi connectivity index (χ1n) is 5.53. The molecular formula is C13H18O2. The number of hydrogen-bond acceptors (Lipinski definition) is 2. The lowest BCUT2D eigenvalue weighted by Gasteiger charge is -2.11. The van der Waals surface area contributed by atoms with Gasteiger partial charge < -0.3 is 9.47 Å². The normalized spacial score (nSPS) is 25.7. The van der Waals surface area contributed by atoms with Crippen molar-refractivity contribution in [3.63, 3.8) is 0 Å². The number of aryl methyl sites for hydroxylation is 1. The van der Waals surface area contributed by atoms with E-state index in [2.05, 4.69) is 38.1 Å². The first kappa shape index (κ1) is 10.7. The van der Waals surface area contributed by atoms with E-state index in [1.165, 1.54) is 11.1 Å². The molecule has 0 radical (unpaired) electrons. The van der Waals surface area contributed by atoms with Crippen LogP contribution in [0.15, 0.2) is 24.3 Å². The molecule has 0 amide bonds. The van der Waals surface area contributed by atoms with Crippen LogP contribution in [-0.2, 0) is 16.1 Å². The van der Waals surface area contributed by atoms with Crippen molar-refractivity contribution >= 4 is 0 Å². The Bertz CT molecular complexity index is 322. The summed E-state index contributed by atoms with van der Waals surface area (Å²) in [7, 11) is 0. The third-order valence-electron chi connectivity index (χ3n) is 2.90. The maximum absolute atomic E-state index is 5.82. The molecule has 15 heavy (non-hydrogen) atoms. The van der Waals surface area contributed by atoms with Crippen molar-refractivity contribution in [2.75, 3.05) is 6.61 Å². The maximum Gasteiger partial charge on any atom is 0.0837 e. The van der Waals surface area contributed by atoms with Crippen molar-refractivity contribution in [3.8, 4) is 0 Å². The Kier molecular flexibility index (Phi) is 3.39. The van der Waals surface area contributed by atoms with E-state index in [1.54, 1.807) is 0 Å². The summed E-state index contributed by atoms with van der Waals surface area (Å²) in [6.07, 6.45) is 1.65. The summed E-state index contributed by atoms with van der Waals surface area (Å²) in [5, 5.41) is 0. The fourth-order valence-electron chi connectivity index (χ4n) is 1.87. The third-order valence-corrected chi connectivity index (χ3v) is 2.90. The summed E-state index contributed by atoms with van der Waals surface area (Å²) in [5.74, 6) is 0. The maximum atomic E-state index is 5.82. The Morgan fingerprint density at radius 3 is 2.87 bits per heavy atom. The van der Waals surface area contributed by atoms with Crippen LogP contribution < -0.4 is 0 Å². The minimum Gasteiger partial charge on any atom is -0.376 e. The highest BCUT2D eigenvalue weighted by atomic mass is 16.5. The van der Waals surface area contributed by atoms with Crippen molar-refractivity contribution in [2.24, 2.45) is 0 Å². The summed E-state index contributed by atoms with van der Waals surface area (Å²) in [4.78, 5) is 0. The van der Waals surface area contributed by atoms with Gasteiger partial charge in [-0.3, -0.25) is 0 Å². The van der Waals surface area contributed by atoms with Crippen LogP contribution in [0.4, 0.5) is 0 Å². The highest BCUT2D eigenvalue weighted by Crippen LogP contribution is 2.18. The van der Waals surface area contributed by atoms with E-state index in [4.69, 9.17) is 9.47 Å². The average Bonchev–Trinajstić information content (AvgIpc) is 2.63. The van der Waals surface area contributed by atoms with Gasteiger partial charge in [-0.25, -0.2) is 0 Å². The molecule has 1 aromatic rings. The molecule has 2 nitrogen and oxygen atoms in total. The lowest BCUT2D eigenvalue weighted by molar-refractivity contribution is 0.0284. The molecule has 0 spiro atoms. The molecule has 1 fully saturated rings. The van der Waals surface area contributed by atoms with E-state index in [-0.39, 0.29) is 6.10 Å². The molecule has 0 bridgehead atoms. The quantitative estimate of drug-likeness (QED) is 0.757. The van der Waals surface area contributed by atoms with Gasteiger partial charge in [0.15, 0.2) is 0 Å². The van der Waals surface area contributed by atoms with Crippen LogP contribution in [0.5, 0.6) is 0 Å². The summed E-state index contributed by atoms with van der Waals surface area (Å²) in [5.41, 5.74) is 2.57. The molecule has 82 valence electrons. The highest BCUT2D eigenvalue weighted by molar-refractivity contribution is 5.24. The molecule has 2 atom stereocenters. The van der Waals surface area contributed by atoms with Gasteiger partial charge in [0.25, 0.3) is 0 Å². The molecule has 0 saturated carbocycles. The number of ether oxygens (including phenoxy) is 2. The van der Waals surface area contributed by atoms with Gasteiger partial charge in [-0.1, -0.05) is 24.3 Å². The molecule has 0 aliphatic carbocycles. The van der Waals surface area contributed by atoms with Gasteiger partial charge in [0, 0.05) is 6.42 Å². The monoisotopic (exact) mass is 206 g/mol. The van der Waals surface area contributed by atoms with Gasteiger partial charge in [0.2, 0.25) is 0 Å². The molecule has 1 heterocycles. The largest absolute Gasteiger partial charge is 0.376 e. The van der Waals surface area contributed by atoms with Crippen molar-refractivity contribution in [3.05, 3.63) is 35.4 Å². The minimum absolute atomic E-state index is 0.277. The molecule has 0 aromatic heterocycles.